The smallest absolute Gasteiger partial charge is 0.182 e. The number of aryl methyl sites for hydroxylation is 1. The van der Waals surface area contributed by atoms with Crippen molar-refractivity contribution in [3.8, 4) is 17.3 Å². The van der Waals surface area contributed by atoms with Crippen LogP contribution in [0.15, 0.2) is 85.3 Å². The quantitative estimate of drug-likeness (QED) is 0.339. The molecule has 4 heterocycles. The zero-order chi connectivity index (χ0) is 24.5. The molecule has 0 unspecified atom stereocenters. The number of para-hydroxylation sites is 1. The van der Waals surface area contributed by atoms with Gasteiger partial charge in [-0.15, -0.1) is 0 Å². The molecule has 1 N–H and O–H groups in total. The first-order valence-electron chi connectivity index (χ1n) is 11.6. The highest BCUT2D eigenvalue weighted by molar-refractivity contribution is 5.95. The Morgan fingerprint density at radius 1 is 0.861 bits per heavy atom. The molecule has 4 aromatic heterocycles. The van der Waals surface area contributed by atoms with Crippen LogP contribution in [-0.4, -0.2) is 36.6 Å². The average molecular weight is 474 g/mol. The largest absolute Gasteiger partial charge is 0.497 e. The summed E-state index contributed by atoms with van der Waals surface area (Å²) in [5.41, 5.74) is 5.92. The van der Waals surface area contributed by atoms with Crippen LogP contribution in [0.4, 0.5) is 11.5 Å². The van der Waals surface area contributed by atoms with Gasteiger partial charge in [-0.3, -0.25) is 4.98 Å². The van der Waals surface area contributed by atoms with E-state index in [-0.39, 0.29) is 0 Å². The summed E-state index contributed by atoms with van der Waals surface area (Å²) in [7, 11) is 1.66. The molecular formula is C28H23N7O. The Balaban J connectivity index is 1.48. The van der Waals surface area contributed by atoms with Crippen LogP contribution in [0.5, 0.6) is 5.75 Å². The van der Waals surface area contributed by atoms with Gasteiger partial charge in [0.15, 0.2) is 22.8 Å². The SMILES string of the molecule is COc1ccc(Cn2cnc3c(Nc4ccnc5ccccc45)nc(-c4cccc(C)n4)nc32)cc1. The minimum absolute atomic E-state index is 0.531. The lowest BCUT2D eigenvalue weighted by atomic mass is 10.2. The molecule has 0 saturated heterocycles. The van der Waals surface area contributed by atoms with Gasteiger partial charge in [-0.05, 0) is 48.9 Å². The maximum absolute atomic E-state index is 5.29. The van der Waals surface area contributed by atoms with E-state index in [1.54, 1.807) is 19.6 Å². The second-order valence-electron chi connectivity index (χ2n) is 8.45. The molecule has 6 aromatic rings. The molecule has 36 heavy (non-hydrogen) atoms. The Bertz CT molecular complexity index is 1690. The number of imidazole rings is 1. The number of rotatable bonds is 6. The molecule has 0 aliphatic carbocycles. The van der Waals surface area contributed by atoms with Gasteiger partial charge < -0.3 is 14.6 Å². The lowest BCUT2D eigenvalue weighted by molar-refractivity contribution is 0.414. The highest BCUT2D eigenvalue weighted by Crippen LogP contribution is 2.29. The number of fused-ring (bicyclic) bond motifs is 2. The zero-order valence-electron chi connectivity index (χ0n) is 19.9. The van der Waals surface area contributed by atoms with Crippen LogP contribution in [0.1, 0.15) is 11.3 Å². The van der Waals surface area contributed by atoms with Crippen LogP contribution in [0.3, 0.4) is 0 Å². The highest BCUT2D eigenvalue weighted by atomic mass is 16.5. The predicted molar refractivity (Wildman–Crippen MR) is 140 cm³/mol. The van der Waals surface area contributed by atoms with E-state index in [1.807, 2.05) is 84.3 Å². The molecule has 0 fully saturated rings. The van der Waals surface area contributed by atoms with Gasteiger partial charge in [-0.1, -0.05) is 36.4 Å². The topological polar surface area (TPSA) is 90.6 Å². The predicted octanol–water partition coefficient (Wildman–Crippen LogP) is 5.55. The van der Waals surface area contributed by atoms with Crippen molar-refractivity contribution >= 4 is 33.6 Å². The molecule has 176 valence electrons. The number of methoxy groups -OCH3 is 1. The Hall–Kier alpha value is -4.85. The number of nitrogens with zero attached hydrogens (tertiary/aromatic N) is 6. The van der Waals surface area contributed by atoms with E-state index in [9.17, 15) is 0 Å². The summed E-state index contributed by atoms with van der Waals surface area (Å²) in [6.07, 6.45) is 3.58. The monoisotopic (exact) mass is 473 g/mol. The highest BCUT2D eigenvalue weighted by Gasteiger charge is 2.17. The molecule has 6 rings (SSSR count). The number of hydrogen-bond acceptors (Lipinski definition) is 7. The van der Waals surface area contributed by atoms with Gasteiger partial charge in [0.05, 0.1) is 31.2 Å². The van der Waals surface area contributed by atoms with E-state index in [1.165, 1.54) is 0 Å². The number of benzene rings is 2. The Morgan fingerprint density at radius 2 is 1.72 bits per heavy atom. The van der Waals surface area contributed by atoms with Crippen molar-refractivity contribution in [2.75, 3.05) is 12.4 Å². The summed E-state index contributed by atoms with van der Waals surface area (Å²) in [6.45, 7) is 2.56. The third-order valence-electron chi connectivity index (χ3n) is 6.00. The summed E-state index contributed by atoms with van der Waals surface area (Å²) in [5, 5.41) is 4.50. The van der Waals surface area contributed by atoms with E-state index in [0.29, 0.717) is 29.4 Å². The molecule has 0 bridgehead atoms. The molecule has 2 aromatic carbocycles. The Morgan fingerprint density at radius 3 is 2.56 bits per heavy atom. The van der Waals surface area contributed by atoms with Crippen molar-refractivity contribution in [3.05, 3.63) is 96.6 Å². The van der Waals surface area contributed by atoms with E-state index in [4.69, 9.17) is 19.7 Å². The maximum Gasteiger partial charge on any atom is 0.182 e. The van der Waals surface area contributed by atoms with Crippen molar-refractivity contribution in [3.63, 3.8) is 0 Å². The summed E-state index contributed by atoms with van der Waals surface area (Å²) >= 11 is 0. The Labute approximate surface area is 207 Å². The van der Waals surface area contributed by atoms with Gasteiger partial charge in [0, 0.05) is 17.3 Å². The summed E-state index contributed by atoms with van der Waals surface area (Å²) < 4.78 is 7.31. The van der Waals surface area contributed by atoms with Crippen LogP contribution >= 0.6 is 0 Å². The van der Waals surface area contributed by atoms with Gasteiger partial charge in [0.1, 0.15) is 11.4 Å². The van der Waals surface area contributed by atoms with Gasteiger partial charge in [0.25, 0.3) is 0 Å². The molecule has 0 aliphatic heterocycles. The number of ether oxygens (including phenoxy) is 1. The van der Waals surface area contributed by atoms with Gasteiger partial charge in [0.2, 0.25) is 0 Å². The number of pyridine rings is 2. The summed E-state index contributed by atoms with van der Waals surface area (Å²) in [4.78, 5) is 23.6. The number of nitrogens with one attached hydrogen (secondary N) is 1. The normalized spacial score (nSPS) is 11.2. The first-order valence-corrected chi connectivity index (χ1v) is 11.6. The maximum atomic E-state index is 5.29. The van der Waals surface area contributed by atoms with E-state index in [0.717, 1.165) is 39.2 Å². The molecule has 0 spiro atoms. The van der Waals surface area contributed by atoms with Crippen molar-refractivity contribution in [1.29, 1.82) is 0 Å². The number of aromatic nitrogens is 6. The lowest BCUT2D eigenvalue weighted by Gasteiger charge is -2.12. The van der Waals surface area contributed by atoms with Gasteiger partial charge >= 0.3 is 0 Å². The number of hydrogen-bond donors (Lipinski definition) is 1. The second kappa shape index (κ2) is 9.07. The van der Waals surface area contributed by atoms with Crippen LogP contribution in [0.25, 0.3) is 33.6 Å². The van der Waals surface area contributed by atoms with Crippen LogP contribution in [-0.2, 0) is 6.54 Å². The summed E-state index contributed by atoms with van der Waals surface area (Å²) in [5.74, 6) is 1.96. The lowest BCUT2D eigenvalue weighted by Crippen LogP contribution is -2.04. The minimum atomic E-state index is 0.531. The minimum Gasteiger partial charge on any atom is -0.497 e. The average Bonchev–Trinajstić information content (AvgIpc) is 3.32. The summed E-state index contributed by atoms with van der Waals surface area (Å²) in [6, 6.07) is 23.8. The fraction of sp³-hybridized carbons (Fsp3) is 0.107. The molecule has 8 heteroatoms. The van der Waals surface area contributed by atoms with Crippen LogP contribution in [0.2, 0.25) is 0 Å². The molecular weight excluding hydrogens is 450 g/mol. The van der Waals surface area contributed by atoms with Crippen molar-refractivity contribution in [2.45, 2.75) is 13.5 Å². The first kappa shape index (κ1) is 21.7. The zero-order valence-corrected chi connectivity index (χ0v) is 19.9. The molecule has 0 atom stereocenters. The second-order valence-corrected chi connectivity index (χ2v) is 8.45. The third kappa shape index (κ3) is 4.09. The number of anilines is 2. The van der Waals surface area contributed by atoms with E-state index >= 15 is 0 Å². The van der Waals surface area contributed by atoms with E-state index < -0.39 is 0 Å². The molecule has 8 nitrogen and oxygen atoms in total. The van der Waals surface area contributed by atoms with Crippen molar-refractivity contribution in [1.82, 2.24) is 29.5 Å². The van der Waals surface area contributed by atoms with E-state index in [2.05, 4.69) is 15.3 Å². The van der Waals surface area contributed by atoms with Gasteiger partial charge in [-0.25, -0.2) is 19.9 Å². The van der Waals surface area contributed by atoms with Crippen molar-refractivity contribution < 1.29 is 4.74 Å². The van der Waals surface area contributed by atoms with Crippen molar-refractivity contribution in [2.24, 2.45) is 0 Å². The Kier molecular flexibility index (Phi) is 5.46. The molecule has 0 saturated carbocycles. The molecule has 0 aliphatic rings. The van der Waals surface area contributed by atoms with Gasteiger partial charge in [-0.2, -0.15) is 0 Å². The molecule has 0 amide bonds. The molecule has 0 radical (unpaired) electrons. The van der Waals surface area contributed by atoms with Crippen LogP contribution in [0, 0.1) is 6.92 Å². The van der Waals surface area contributed by atoms with Crippen LogP contribution < -0.4 is 10.1 Å². The standard InChI is InChI=1S/C28H23N7O/c1-18-6-5-9-24(31-18)26-33-27(32-23-14-15-29-22-8-4-3-7-21(22)23)25-28(34-26)35(17-30-25)16-19-10-12-20(36-2)13-11-19/h3-15,17H,16H2,1-2H3,(H,29,32,33,34). The first-order chi connectivity index (χ1) is 17.7. The fourth-order valence-corrected chi connectivity index (χ4v) is 4.19. The fourth-order valence-electron chi connectivity index (χ4n) is 4.19. The third-order valence-corrected chi connectivity index (χ3v) is 6.00.